The molecular weight excluding hydrogens is 490 g/mol. The predicted molar refractivity (Wildman–Crippen MR) is 137 cm³/mol. The third-order valence-corrected chi connectivity index (χ3v) is 10.8. The smallest absolute Gasteiger partial charge is 0.279 e. The molecule has 3 N–H and O–H groups in total. The number of rotatable bonds is 11. The Morgan fingerprint density at radius 1 is 1.03 bits per heavy atom. The van der Waals surface area contributed by atoms with Crippen molar-refractivity contribution < 1.29 is 26.7 Å². The Morgan fingerprint density at radius 2 is 1.63 bits per heavy atom. The monoisotopic (exact) mass is 531 g/mol. The first-order chi connectivity index (χ1) is 16.4. The Labute approximate surface area is 210 Å². The molecule has 2 aliphatic rings. The van der Waals surface area contributed by atoms with E-state index in [0.29, 0.717) is 64.6 Å². The van der Waals surface area contributed by atoms with E-state index in [0.717, 1.165) is 24.0 Å². The highest BCUT2D eigenvalue weighted by atomic mass is 32.2. The molecule has 200 valence electrons. The molecule has 9 nitrogen and oxygen atoms in total. The van der Waals surface area contributed by atoms with Gasteiger partial charge in [-0.1, -0.05) is 31.2 Å². The van der Waals surface area contributed by atoms with Crippen LogP contribution < -0.4 is 9.44 Å². The zero-order valence-corrected chi connectivity index (χ0v) is 22.7. The van der Waals surface area contributed by atoms with Crippen LogP contribution in [-0.4, -0.2) is 70.9 Å². The van der Waals surface area contributed by atoms with Crippen molar-refractivity contribution >= 4 is 20.2 Å². The van der Waals surface area contributed by atoms with E-state index in [1.165, 1.54) is 4.31 Å². The molecule has 1 aliphatic heterocycles. The molecule has 1 aliphatic carbocycles. The number of morpholine rings is 1. The van der Waals surface area contributed by atoms with Gasteiger partial charge >= 0.3 is 0 Å². The molecule has 35 heavy (non-hydrogen) atoms. The van der Waals surface area contributed by atoms with Crippen LogP contribution in [0.1, 0.15) is 57.6 Å². The molecule has 1 aromatic rings. The van der Waals surface area contributed by atoms with Crippen LogP contribution in [0.15, 0.2) is 24.3 Å². The maximum Gasteiger partial charge on any atom is 0.279 e. The number of hydrogen-bond acceptors (Lipinski definition) is 6. The van der Waals surface area contributed by atoms with E-state index in [4.69, 9.17) is 4.74 Å². The summed E-state index contributed by atoms with van der Waals surface area (Å²) in [6.45, 7) is 7.72. The molecule has 1 saturated heterocycles. The molecule has 11 heteroatoms. The van der Waals surface area contributed by atoms with E-state index in [1.807, 2.05) is 24.3 Å². The van der Waals surface area contributed by atoms with Crippen LogP contribution in [0.2, 0.25) is 0 Å². The molecular formula is C24H41N3O6S2. The molecule has 1 unspecified atom stereocenters. The minimum absolute atomic E-state index is 0.205. The van der Waals surface area contributed by atoms with Gasteiger partial charge in [0.05, 0.1) is 24.1 Å². The van der Waals surface area contributed by atoms with Crippen LogP contribution in [0.5, 0.6) is 0 Å². The number of nitrogens with one attached hydrogen (secondary N) is 2. The maximum absolute atomic E-state index is 12.4. The van der Waals surface area contributed by atoms with Crippen LogP contribution in [-0.2, 0) is 37.0 Å². The molecule has 1 atom stereocenters. The normalized spacial score (nSPS) is 25.6. The van der Waals surface area contributed by atoms with Gasteiger partial charge in [0.2, 0.25) is 10.0 Å². The molecule has 1 heterocycles. The Hall–Kier alpha value is -1.08. The van der Waals surface area contributed by atoms with Gasteiger partial charge in [0, 0.05) is 26.2 Å². The van der Waals surface area contributed by atoms with E-state index < -0.39 is 31.1 Å². The average molecular weight is 532 g/mol. The number of nitrogens with zero attached hydrogens (tertiary/aromatic N) is 1. The summed E-state index contributed by atoms with van der Waals surface area (Å²) < 4.78 is 60.8. The van der Waals surface area contributed by atoms with Crippen molar-refractivity contribution in [3.63, 3.8) is 0 Å². The second-order valence-corrected chi connectivity index (χ2v) is 14.2. The summed E-state index contributed by atoms with van der Waals surface area (Å²) in [6.07, 6.45) is 3.52. The van der Waals surface area contributed by atoms with Crippen LogP contribution in [0.4, 0.5) is 0 Å². The first-order valence-corrected chi connectivity index (χ1v) is 15.5. The van der Waals surface area contributed by atoms with Crippen molar-refractivity contribution in [2.45, 2.75) is 63.7 Å². The Bertz CT molecular complexity index is 1010. The molecule has 0 bridgehead atoms. The fourth-order valence-corrected chi connectivity index (χ4v) is 6.74. The predicted octanol–water partition coefficient (Wildman–Crippen LogP) is 1.74. The molecule has 0 radical (unpaired) electrons. The second-order valence-electron chi connectivity index (χ2n) is 10.1. The number of benzene rings is 1. The van der Waals surface area contributed by atoms with Crippen LogP contribution >= 0.6 is 0 Å². The molecule has 0 spiro atoms. The summed E-state index contributed by atoms with van der Waals surface area (Å²) in [5, 5.41) is 10.8. The number of ether oxygens (including phenoxy) is 1. The van der Waals surface area contributed by atoms with Crippen LogP contribution in [0.25, 0.3) is 0 Å². The van der Waals surface area contributed by atoms with Gasteiger partial charge in [0.25, 0.3) is 10.2 Å². The van der Waals surface area contributed by atoms with E-state index in [1.54, 1.807) is 13.8 Å². The van der Waals surface area contributed by atoms with Crippen molar-refractivity contribution in [1.29, 1.82) is 0 Å². The van der Waals surface area contributed by atoms with E-state index >= 15 is 0 Å². The first kappa shape index (κ1) is 28.5. The van der Waals surface area contributed by atoms with Crippen molar-refractivity contribution in [3.8, 4) is 0 Å². The summed E-state index contributed by atoms with van der Waals surface area (Å²) in [4.78, 5) is 0. The fourth-order valence-electron chi connectivity index (χ4n) is 4.74. The second kappa shape index (κ2) is 12.0. The number of aliphatic hydroxyl groups is 1. The molecule has 2 fully saturated rings. The summed E-state index contributed by atoms with van der Waals surface area (Å²) in [5.41, 5.74) is 0.993. The molecule has 0 amide bonds. The Kier molecular flexibility index (Phi) is 9.75. The average Bonchev–Trinajstić information content (AvgIpc) is 2.84. The maximum atomic E-state index is 12.4. The lowest BCUT2D eigenvalue weighted by Crippen LogP contribution is -2.47. The van der Waals surface area contributed by atoms with Crippen molar-refractivity contribution in [2.75, 3.05) is 39.4 Å². The van der Waals surface area contributed by atoms with Crippen molar-refractivity contribution in [2.24, 2.45) is 11.8 Å². The molecule has 1 aromatic carbocycles. The fraction of sp³-hybridized carbons (Fsp3) is 0.750. The van der Waals surface area contributed by atoms with Gasteiger partial charge in [-0.25, -0.2) is 17.9 Å². The molecule has 1 saturated carbocycles. The van der Waals surface area contributed by atoms with Crippen molar-refractivity contribution in [1.82, 2.24) is 13.7 Å². The SMILES string of the molecule is CC(CNS(=O)(=O)C(C)C)C1CCC(O)(c2ccc(CCNS(=O)(=O)N3CCOCC3)cc2)CC1. The van der Waals surface area contributed by atoms with Crippen LogP contribution in [0.3, 0.4) is 0 Å². The van der Waals surface area contributed by atoms with Gasteiger partial charge in [0.15, 0.2) is 0 Å². The van der Waals surface area contributed by atoms with Gasteiger partial charge in [-0.05, 0) is 68.9 Å². The number of hydrogen-bond donors (Lipinski definition) is 3. The lowest BCUT2D eigenvalue weighted by atomic mass is 9.71. The Balaban J connectivity index is 1.47. The highest BCUT2D eigenvalue weighted by molar-refractivity contribution is 7.90. The summed E-state index contributed by atoms with van der Waals surface area (Å²) in [5.74, 6) is 0.570. The van der Waals surface area contributed by atoms with E-state index in [-0.39, 0.29) is 5.92 Å². The van der Waals surface area contributed by atoms with Gasteiger partial charge in [-0.15, -0.1) is 0 Å². The van der Waals surface area contributed by atoms with Gasteiger partial charge in [-0.2, -0.15) is 12.7 Å². The third-order valence-electron chi connectivity index (χ3n) is 7.39. The zero-order chi connectivity index (χ0) is 25.7. The van der Waals surface area contributed by atoms with Crippen molar-refractivity contribution in [3.05, 3.63) is 35.4 Å². The first-order valence-electron chi connectivity index (χ1n) is 12.6. The van der Waals surface area contributed by atoms with Crippen LogP contribution in [0, 0.1) is 11.8 Å². The highest BCUT2D eigenvalue weighted by Gasteiger charge is 2.36. The minimum atomic E-state index is -3.49. The van der Waals surface area contributed by atoms with Gasteiger partial charge in [0.1, 0.15) is 0 Å². The third kappa shape index (κ3) is 7.70. The minimum Gasteiger partial charge on any atom is -0.385 e. The standard InChI is InChI=1S/C24H41N3O6S2/c1-19(2)34(29,30)26-18-20(3)22-8-11-24(28,12-9-22)23-6-4-21(5-7-23)10-13-25-35(31,32)27-14-16-33-17-15-27/h4-7,19-20,22,25-26,28H,8-18H2,1-3H3. The molecule has 3 rings (SSSR count). The summed E-state index contributed by atoms with van der Waals surface area (Å²) >= 11 is 0. The summed E-state index contributed by atoms with van der Waals surface area (Å²) in [7, 11) is -6.76. The lowest BCUT2D eigenvalue weighted by Gasteiger charge is -2.38. The molecule has 0 aromatic heterocycles. The van der Waals surface area contributed by atoms with Gasteiger partial charge < -0.3 is 9.84 Å². The number of sulfonamides is 1. The lowest BCUT2D eigenvalue weighted by molar-refractivity contribution is -0.0207. The highest BCUT2D eigenvalue weighted by Crippen LogP contribution is 2.41. The zero-order valence-electron chi connectivity index (χ0n) is 21.1. The topological polar surface area (TPSA) is 125 Å². The summed E-state index contributed by atoms with van der Waals surface area (Å²) in [6, 6.07) is 7.77. The van der Waals surface area contributed by atoms with Gasteiger partial charge in [-0.3, -0.25) is 0 Å². The Morgan fingerprint density at radius 3 is 2.20 bits per heavy atom. The largest absolute Gasteiger partial charge is 0.385 e. The van der Waals surface area contributed by atoms with E-state index in [9.17, 15) is 21.9 Å². The quantitative estimate of drug-likeness (QED) is 0.400. The van der Waals surface area contributed by atoms with E-state index in [2.05, 4.69) is 16.4 Å².